The summed E-state index contributed by atoms with van der Waals surface area (Å²) in [5.74, 6) is -0.495. The maximum Gasteiger partial charge on any atom is 0.310 e. The van der Waals surface area contributed by atoms with E-state index in [-0.39, 0.29) is 24.8 Å². The molecule has 0 aliphatic rings. The molecule has 0 radical (unpaired) electrons. The van der Waals surface area contributed by atoms with E-state index in [1.807, 2.05) is 0 Å². The summed E-state index contributed by atoms with van der Waals surface area (Å²) in [6, 6.07) is 0. The van der Waals surface area contributed by atoms with Gasteiger partial charge in [0.25, 0.3) is 0 Å². The molecule has 4 heteroatoms. The van der Waals surface area contributed by atoms with Crippen molar-refractivity contribution in [2.75, 3.05) is 13.2 Å². The van der Waals surface area contributed by atoms with Crippen LogP contribution < -0.4 is 0 Å². The van der Waals surface area contributed by atoms with E-state index in [1.165, 1.54) is 0 Å². The standard InChI is InChI=1S/C18H26O4/c1-5-15(13-17(19)21-7-3)11-9-10-12-16(6-2)14-18(20)22-8-4/h1-2,7-14H2,3-4H3. The molecule has 0 aliphatic heterocycles. The molecule has 0 aromatic heterocycles. The molecule has 122 valence electrons. The van der Waals surface area contributed by atoms with Crippen LogP contribution in [0.3, 0.4) is 0 Å². The number of rotatable bonds is 11. The lowest BCUT2D eigenvalue weighted by atomic mass is 10.0. The van der Waals surface area contributed by atoms with E-state index in [2.05, 4.69) is 24.6 Å². The first kappa shape index (κ1) is 20.0. The average Bonchev–Trinajstić information content (AvgIpc) is 2.49. The Bertz CT molecular complexity index is 419. The number of carbonyl (C=O) groups excluding carboxylic acids is 2. The molecular weight excluding hydrogens is 280 g/mol. The Morgan fingerprint density at radius 3 is 1.45 bits per heavy atom. The highest BCUT2D eigenvalue weighted by atomic mass is 16.5. The van der Waals surface area contributed by atoms with Crippen molar-refractivity contribution >= 4 is 11.9 Å². The number of hydrogen-bond acceptors (Lipinski definition) is 4. The number of carbonyl (C=O) groups is 2. The second-order valence-corrected chi connectivity index (χ2v) is 4.73. The van der Waals surface area contributed by atoms with Crippen LogP contribution in [-0.2, 0) is 19.1 Å². The van der Waals surface area contributed by atoms with Crippen LogP contribution in [0.25, 0.3) is 0 Å². The minimum Gasteiger partial charge on any atom is -0.466 e. The molecule has 0 aromatic carbocycles. The third kappa shape index (κ3) is 9.82. The summed E-state index contributed by atoms with van der Waals surface area (Å²) in [5.41, 5.74) is 7.31. The first-order valence-corrected chi connectivity index (χ1v) is 7.64. The normalized spacial score (nSPS) is 9.36. The van der Waals surface area contributed by atoms with E-state index in [0.717, 1.165) is 36.8 Å². The average molecular weight is 306 g/mol. The zero-order valence-electron chi connectivity index (χ0n) is 13.7. The van der Waals surface area contributed by atoms with Gasteiger partial charge in [-0.3, -0.25) is 9.59 Å². The topological polar surface area (TPSA) is 52.6 Å². The molecule has 4 nitrogen and oxygen atoms in total. The van der Waals surface area contributed by atoms with E-state index in [0.29, 0.717) is 13.2 Å². The van der Waals surface area contributed by atoms with Crippen LogP contribution in [0.2, 0.25) is 0 Å². The van der Waals surface area contributed by atoms with Gasteiger partial charge in [-0.2, -0.15) is 0 Å². The van der Waals surface area contributed by atoms with Gasteiger partial charge in [0.1, 0.15) is 0 Å². The second-order valence-electron chi connectivity index (χ2n) is 4.73. The maximum absolute atomic E-state index is 11.4. The molecule has 0 saturated heterocycles. The first-order valence-electron chi connectivity index (χ1n) is 7.64. The lowest BCUT2D eigenvalue weighted by molar-refractivity contribution is -0.143. The summed E-state index contributed by atoms with van der Waals surface area (Å²) in [4.78, 5) is 22.8. The summed E-state index contributed by atoms with van der Waals surface area (Å²) >= 11 is 0. The Morgan fingerprint density at radius 1 is 0.818 bits per heavy atom. The molecule has 0 bridgehead atoms. The van der Waals surface area contributed by atoms with Crippen molar-refractivity contribution in [3.8, 4) is 0 Å². The summed E-state index contributed by atoms with van der Waals surface area (Å²) < 4.78 is 9.80. The maximum atomic E-state index is 11.4. The number of esters is 2. The Kier molecular flexibility index (Phi) is 11.5. The number of ether oxygens (including phenoxy) is 2. The predicted octanol–water partition coefficient (Wildman–Crippen LogP) is 3.88. The van der Waals surface area contributed by atoms with E-state index in [9.17, 15) is 9.59 Å². The Balaban J connectivity index is 4.08. The molecule has 22 heavy (non-hydrogen) atoms. The third-order valence-corrected chi connectivity index (χ3v) is 3.03. The minimum atomic E-state index is -0.248. The largest absolute Gasteiger partial charge is 0.466 e. The smallest absolute Gasteiger partial charge is 0.310 e. The van der Waals surface area contributed by atoms with Gasteiger partial charge in [0, 0.05) is 0 Å². The lowest BCUT2D eigenvalue weighted by Gasteiger charge is -2.07. The Hall–Kier alpha value is -2.02. The summed E-state index contributed by atoms with van der Waals surface area (Å²) in [6.45, 7) is 11.5. The highest BCUT2D eigenvalue weighted by Gasteiger charge is 2.08. The minimum absolute atomic E-state index is 0.240. The molecular formula is C18H26O4. The number of hydrogen-bond donors (Lipinski definition) is 0. The van der Waals surface area contributed by atoms with Crippen molar-refractivity contribution in [2.24, 2.45) is 0 Å². The van der Waals surface area contributed by atoms with Crippen molar-refractivity contribution in [1.29, 1.82) is 0 Å². The van der Waals surface area contributed by atoms with Crippen LogP contribution in [0.15, 0.2) is 35.8 Å². The molecule has 0 heterocycles. The summed E-state index contributed by atoms with van der Waals surface area (Å²) in [5, 5.41) is 0. The highest BCUT2D eigenvalue weighted by molar-refractivity contribution is 5.72. The van der Waals surface area contributed by atoms with E-state index in [1.54, 1.807) is 13.8 Å². The van der Waals surface area contributed by atoms with Crippen molar-refractivity contribution in [1.82, 2.24) is 0 Å². The zero-order chi connectivity index (χ0) is 16.8. The van der Waals surface area contributed by atoms with Crippen LogP contribution in [0.4, 0.5) is 0 Å². The van der Waals surface area contributed by atoms with Crippen molar-refractivity contribution < 1.29 is 19.1 Å². The number of unbranched alkanes of at least 4 members (excludes halogenated alkanes) is 1. The van der Waals surface area contributed by atoms with Gasteiger partial charge in [-0.05, 0) is 50.7 Å². The molecule has 0 N–H and O–H groups in total. The van der Waals surface area contributed by atoms with Gasteiger partial charge < -0.3 is 9.47 Å². The monoisotopic (exact) mass is 306 g/mol. The Labute approximate surface area is 133 Å². The molecule has 0 unspecified atom stereocenters. The fraction of sp³-hybridized carbons (Fsp3) is 0.556. The van der Waals surface area contributed by atoms with Gasteiger partial charge in [0.15, 0.2) is 0 Å². The van der Waals surface area contributed by atoms with Crippen LogP contribution in [0, 0.1) is 0 Å². The summed E-state index contributed by atoms with van der Waals surface area (Å²) in [6.07, 6.45) is 3.73. The SMILES string of the molecule is C=C=C(CCCCC(=C=C)CC(=O)OCC)CC(=O)OCC. The van der Waals surface area contributed by atoms with Gasteiger partial charge in [0.05, 0.1) is 26.1 Å². The fourth-order valence-electron chi connectivity index (χ4n) is 1.93. The van der Waals surface area contributed by atoms with Crippen LogP contribution in [0.5, 0.6) is 0 Å². The second kappa shape index (κ2) is 12.7. The molecule has 0 aromatic rings. The van der Waals surface area contributed by atoms with Gasteiger partial charge >= 0.3 is 11.9 Å². The highest BCUT2D eigenvalue weighted by Crippen LogP contribution is 2.16. The van der Waals surface area contributed by atoms with E-state index < -0.39 is 0 Å². The van der Waals surface area contributed by atoms with Crippen LogP contribution in [-0.4, -0.2) is 25.2 Å². The van der Waals surface area contributed by atoms with Gasteiger partial charge in [0.2, 0.25) is 0 Å². The molecule has 0 amide bonds. The molecule has 0 atom stereocenters. The Morgan fingerprint density at radius 2 is 1.18 bits per heavy atom. The molecule has 0 fully saturated rings. The van der Waals surface area contributed by atoms with E-state index >= 15 is 0 Å². The van der Waals surface area contributed by atoms with Gasteiger partial charge in [-0.25, -0.2) is 0 Å². The summed E-state index contributed by atoms with van der Waals surface area (Å²) in [7, 11) is 0. The zero-order valence-corrected chi connectivity index (χ0v) is 13.7. The molecule has 0 aliphatic carbocycles. The molecule has 0 rings (SSSR count). The molecule has 0 saturated carbocycles. The third-order valence-electron chi connectivity index (χ3n) is 3.03. The van der Waals surface area contributed by atoms with E-state index in [4.69, 9.17) is 9.47 Å². The predicted molar refractivity (Wildman–Crippen MR) is 86.3 cm³/mol. The quantitative estimate of drug-likeness (QED) is 0.330. The van der Waals surface area contributed by atoms with Crippen LogP contribution >= 0.6 is 0 Å². The van der Waals surface area contributed by atoms with Crippen LogP contribution in [0.1, 0.15) is 52.4 Å². The fourth-order valence-corrected chi connectivity index (χ4v) is 1.93. The van der Waals surface area contributed by atoms with Gasteiger partial charge in [-0.15, -0.1) is 11.5 Å². The van der Waals surface area contributed by atoms with Gasteiger partial charge in [-0.1, -0.05) is 13.2 Å². The first-order chi connectivity index (χ1) is 10.6. The molecule has 0 spiro atoms. The van der Waals surface area contributed by atoms with Crippen molar-refractivity contribution in [3.05, 3.63) is 35.8 Å². The van der Waals surface area contributed by atoms with Crippen molar-refractivity contribution in [3.63, 3.8) is 0 Å². The van der Waals surface area contributed by atoms with Crippen molar-refractivity contribution in [2.45, 2.75) is 52.4 Å². The lowest BCUT2D eigenvalue weighted by Crippen LogP contribution is -2.05.